The van der Waals surface area contributed by atoms with Gasteiger partial charge in [-0.05, 0) is 63.3 Å². The van der Waals surface area contributed by atoms with Crippen LogP contribution in [0.1, 0.15) is 55.5 Å². The molecule has 202 valence electrons. The Bertz CT molecular complexity index is 1240. The Morgan fingerprint density at radius 1 is 1.11 bits per heavy atom. The van der Waals surface area contributed by atoms with Gasteiger partial charge in [-0.25, -0.2) is 13.8 Å². The topological polar surface area (TPSA) is 103 Å². The minimum absolute atomic E-state index is 0.00810. The van der Waals surface area contributed by atoms with Gasteiger partial charge in [-0.15, -0.1) is 0 Å². The number of hydrogen-bond donors (Lipinski definition) is 2. The van der Waals surface area contributed by atoms with E-state index in [0.29, 0.717) is 11.8 Å². The van der Waals surface area contributed by atoms with E-state index >= 15 is 0 Å². The first kappa shape index (κ1) is 29.4. The van der Waals surface area contributed by atoms with Gasteiger partial charge < -0.3 is 15.6 Å². The van der Waals surface area contributed by atoms with Gasteiger partial charge in [0, 0.05) is 42.7 Å². The van der Waals surface area contributed by atoms with Crippen LogP contribution in [0.25, 0.3) is 0 Å². The van der Waals surface area contributed by atoms with Crippen LogP contribution in [0.5, 0.6) is 0 Å². The maximum absolute atomic E-state index is 13.9. The van der Waals surface area contributed by atoms with Crippen LogP contribution < -0.4 is 5.32 Å². The Kier molecular flexibility index (Phi) is 10.1. The zero-order chi connectivity index (χ0) is 28.0. The summed E-state index contributed by atoms with van der Waals surface area (Å²) in [5.74, 6) is -2.81. The van der Waals surface area contributed by atoms with Crippen LogP contribution in [0.2, 0.25) is 10.2 Å². The number of ketones is 2. The van der Waals surface area contributed by atoms with Crippen molar-refractivity contribution in [2.75, 3.05) is 6.54 Å². The van der Waals surface area contributed by atoms with E-state index in [2.05, 4.69) is 10.3 Å². The number of pyridine rings is 1. The molecule has 1 amide bonds. The van der Waals surface area contributed by atoms with Gasteiger partial charge in [-0.3, -0.25) is 14.4 Å². The molecule has 0 radical (unpaired) electrons. The van der Waals surface area contributed by atoms with Crippen LogP contribution in [0.4, 0.5) is 8.78 Å². The molecule has 1 fully saturated rings. The second kappa shape index (κ2) is 13.1. The Morgan fingerprint density at radius 2 is 1.74 bits per heavy atom. The first-order valence-corrected chi connectivity index (χ1v) is 12.8. The van der Waals surface area contributed by atoms with Crippen LogP contribution in [-0.4, -0.2) is 46.2 Å². The molecular weight excluding hydrogens is 537 g/mol. The van der Waals surface area contributed by atoms with E-state index in [0.717, 1.165) is 48.9 Å². The molecule has 0 atom stereocenters. The predicted octanol–water partition coefficient (Wildman–Crippen LogP) is 5.54. The van der Waals surface area contributed by atoms with Gasteiger partial charge in [-0.2, -0.15) is 0 Å². The first-order valence-electron chi connectivity index (χ1n) is 12.1. The van der Waals surface area contributed by atoms with Crippen molar-refractivity contribution in [3.8, 4) is 0 Å². The van der Waals surface area contributed by atoms with Gasteiger partial charge in [0.15, 0.2) is 5.78 Å². The lowest BCUT2D eigenvalue weighted by atomic mass is 9.84. The normalized spacial score (nSPS) is 17.8. The molecule has 2 N–H and O–H groups in total. The average molecular weight is 565 g/mol. The van der Waals surface area contributed by atoms with Crippen LogP contribution in [-0.2, 0) is 16.1 Å². The number of nitrogens with one attached hydrogen (secondary N) is 2. The summed E-state index contributed by atoms with van der Waals surface area (Å²) in [4.78, 5) is 43.4. The predicted molar refractivity (Wildman–Crippen MR) is 141 cm³/mol. The fourth-order valence-corrected chi connectivity index (χ4v) is 5.13. The van der Waals surface area contributed by atoms with Crippen LogP contribution >= 0.6 is 23.2 Å². The number of aromatic nitrogens is 1. The third-order valence-corrected chi connectivity index (χ3v) is 7.15. The Labute approximate surface area is 229 Å². The number of carbonyl (C=O) groups excluding carboxylic acids is 3. The third kappa shape index (κ3) is 7.45. The summed E-state index contributed by atoms with van der Waals surface area (Å²) in [5, 5.41) is 11.1. The summed E-state index contributed by atoms with van der Waals surface area (Å²) in [6.45, 7) is 2.38. The summed E-state index contributed by atoms with van der Waals surface area (Å²) >= 11 is 12.2. The highest BCUT2D eigenvalue weighted by atomic mass is 35.5. The Morgan fingerprint density at radius 3 is 2.29 bits per heavy atom. The molecule has 0 unspecified atom stereocenters. The highest BCUT2D eigenvalue weighted by Gasteiger charge is 2.28. The van der Waals surface area contributed by atoms with E-state index in [-0.39, 0.29) is 51.2 Å². The second-order valence-electron chi connectivity index (χ2n) is 9.31. The number of Topliss-reactive ketones (excluding diaryl/α,β-unsaturated/α-hetero) is 2. The van der Waals surface area contributed by atoms with E-state index < -0.39 is 29.9 Å². The quantitative estimate of drug-likeness (QED) is 0.171. The number of hydrogen-bond acceptors (Lipinski definition) is 6. The van der Waals surface area contributed by atoms with Gasteiger partial charge in [-0.1, -0.05) is 23.2 Å². The zero-order valence-electron chi connectivity index (χ0n) is 21.0. The van der Waals surface area contributed by atoms with Crippen molar-refractivity contribution in [2.24, 2.45) is 5.92 Å². The molecule has 38 heavy (non-hydrogen) atoms. The molecule has 0 saturated heterocycles. The molecule has 3 rings (SSSR count). The van der Waals surface area contributed by atoms with E-state index in [1.165, 1.54) is 12.3 Å². The minimum Gasteiger partial charge on any atom is -0.385 e. The monoisotopic (exact) mass is 564 g/mol. The molecule has 1 aliphatic rings. The van der Waals surface area contributed by atoms with Gasteiger partial charge in [0.25, 0.3) is 5.91 Å². The van der Waals surface area contributed by atoms with Crippen molar-refractivity contribution in [3.63, 3.8) is 0 Å². The van der Waals surface area contributed by atoms with Crippen LogP contribution in [0.15, 0.2) is 41.7 Å². The first-order chi connectivity index (χ1) is 18.0. The van der Waals surface area contributed by atoms with E-state index in [1.54, 1.807) is 13.8 Å². The third-order valence-electron chi connectivity index (χ3n) is 6.55. The molecule has 1 saturated carbocycles. The van der Waals surface area contributed by atoms with Crippen molar-refractivity contribution in [3.05, 3.63) is 74.7 Å². The number of nitrogens with zero attached hydrogens (tertiary/aromatic N) is 2. The molecule has 11 heteroatoms. The lowest BCUT2D eigenvalue weighted by Gasteiger charge is -2.30. The van der Waals surface area contributed by atoms with E-state index in [9.17, 15) is 23.2 Å². The molecule has 1 aromatic heterocycles. The largest absolute Gasteiger partial charge is 0.385 e. The molecule has 1 aliphatic carbocycles. The highest BCUT2D eigenvalue weighted by molar-refractivity contribution is 6.39. The number of amides is 1. The fourth-order valence-electron chi connectivity index (χ4n) is 4.57. The summed E-state index contributed by atoms with van der Waals surface area (Å²) in [6, 6.07) is 4.21. The molecular formula is C27H28Cl2F2N4O3. The number of halogens is 4. The van der Waals surface area contributed by atoms with E-state index in [4.69, 9.17) is 28.6 Å². The standard InChI is InChI=1S/C27H28Cl2F2N4O3/c1-15(34-21-5-3-18(4-6-21)16(2)36)22(12-32)27(38)35(13-17-9-19(30)11-20(31)10-17)14-24(37)25-23(28)7-8-33-26(25)29/h7-12,18,21,32,34H,3-6,13-14H2,1-2H3/b22-15+,32-12?/t18-,21-. The molecule has 1 aromatic carbocycles. The maximum atomic E-state index is 13.9. The van der Waals surface area contributed by atoms with Crippen LogP contribution in [0.3, 0.4) is 0 Å². The van der Waals surface area contributed by atoms with Crippen molar-refractivity contribution >= 4 is 46.9 Å². The maximum Gasteiger partial charge on any atom is 0.257 e. The summed E-state index contributed by atoms with van der Waals surface area (Å²) < 4.78 is 27.7. The number of benzene rings is 1. The molecule has 0 spiro atoms. The number of allylic oxidation sites excluding steroid dienone is 1. The van der Waals surface area contributed by atoms with Gasteiger partial charge in [0.1, 0.15) is 22.6 Å². The Hall–Kier alpha value is -3.17. The van der Waals surface area contributed by atoms with Gasteiger partial charge in [0.2, 0.25) is 0 Å². The summed E-state index contributed by atoms with van der Waals surface area (Å²) in [6.07, 6.45) is 5.11. The summed E-state index contributed by atoms with van der Waals surface area (Å²) in [5.41, 5.74) is 0.421. The number of carbonyl (C=O) groups is 3. The molecule has 0 aliphatic heterocycles. The van der Waals surface area contributed by atoms with Crippen LogP contribution in [0, 0.1) is 23.0 Å². The molecule has 2 aromatic rings. The number of rotatable bonds is 10. The van der Waals surface area contributed by atoms with Crippen molar-refractivity contribution in [1.82, 2.24) is 15.2 Å². The molecule has 0 bridgehead atoms. The lowest BCUT2D eigenvalue weighted by molar-refractivity contribution is -0.126. The SMILES string of the molecule is C/C(N[C@H]1CC[C@H](C(C)=O)CC1)=C(/C=N)C(=O)N(CC(=O)c1c(Cl)ccnc1Cl)Cc1cc(F)cc(F)c1. The average Bonchev–Trinajstić information content (AvgIpc) is 2.83. The fraction of sp³-hybridized carbons (Fsp3) is 0.370. The summed E-state index contributed by atoms with van der Waals surface area (Å²) in [7, 11) is 0. The molecule has 1 heterocycles. The molecule has 7 nitrogen and oxygen atoms in total. The highest BCUT2D eigenvalue weighted by Crippen LogP contribution is 2.26. The van der Waals surface area contributed by atoms with Gasteiger partial charge in [0.05, 0.1) is 22.7 Å². The van der Waals surface area contributed by atoms with E-state index in [1.807, 2.05) is 0 Å². The van der Waals surface area contributed by atoms with Gasteiger partial charge >= 0.3 is 0 Å². The smallest absolute Gasteiger partial charge is 0.257 e. The zero-order valence-corrected chi connectivity index (χ0v) is 22.5. The lowest BCUT2D eigenvalue weighted by Crippen LogP contribution is -2.39. The minimum atomic E-state index is -0.834. The second-order valence-corrected chi connectivity index (χ2v) is 10.1. The van der Waals surface area contributed by atoms with Crippen molar-refractivity contribution < 1.29 is 23.2 Å². The van der Waals surface area contributed by atoms with Crippen molar-refractivity contribution in [2.45, 2.75) is 52.1 Å². The Balaban J connectivity index is 1.89. The van der Waals surface area contributed by atoms with Crippen molar-refractivity contribution in [1.29, 1.82) is 5.41 Å².